The number of hydrogen-bond donors (Lipinski definition) is 3. The minimum Gasteiger partial charge on any atom is -0.450 e. The number of anilines is 3. The van der Waals surface area contributed by atoms with Crippen LogP contribution in [-0.4, -0.2) is 43.5 Å². The number of fused-ring (bicyclic) bond motifs is 1. The summed E-state index contributed by atoms with van der Waals surface area (Å²) in [7, 11) is -3.75. The fraction of sp³-hybridized carbons (Fsp3) is 0.192. The Morgan fingerprint density at radius 3 is 2.21 bits per heavy atom. The molecule has 0 saturated heterocycles. The van der Waals surface area contributed by atoms with Gasteiger partial charge in [0.25, 0.3) is 5.91 Å². The van der Waals surface area contributed by atoms with Crippen LogP contribution in [-0.2, 0) is 14.9 Å². The smallest absolute Gasteiger partial charge is 0.417 e. The van der Waals surface area contributed by atoms with E-state index in [4.69, 9.17) is 9.47 Å². The van der Waals surface area contributed by atoms with Crippen molar-refractivity contribution in [1.29, 1.82) is 0 Å². The highest BCUT2D eigenvalue weighted by Gasteiger charge is 2.36. The van der Waals surface area contributed by atoms with Crippen molar-refractivity contribution in [2.24, 2.45) is 0 Å². The maximum atomic E-state index is 12.0. The highest BCUT2D eigenvalue weighted by atomic mass is 32.2. The second-order valence-electron chi connectivity index (χ2n) is 8.10. The van der Waals surface area contributed by atoms with E-state index >= 15 is 0 Å². The normalized spacial score (nSPS) is 13.3. The molecule has 0 atom stereocenters. The lowest BCUT2D eigenvalue weighted by Gasteiger charge is -2.31. The summed E-state index contributed by atoms with van der Waals surface area (Å²) in [5.74, 6) is -0.174. The van der Waals surface area contributed by atoms with Crippen LogP contribution >= 0.6 is 0 Å². The molecular weight excluding hydrogens is 512 g/mol. The van der Waals surface area contributed by atoms with Crippen molar-refractivity contribution in [1.82, 2.24) is 4.31 Å². The molecule has 0 aromatic heterocycles. The molecule has 0 spiro atoms. The van der Waals surface area contributed by atoms with Crippen molar-refractivity contribution in [3.8, 4) is 5.75 Å². The Morgan fingerprint density at radius 1 is 0.895 bits per heavy atom. The van der Waals surface area contributed by atoms with Gasteiger partial charge in [0.05, 0.1) is 17.9 Å². The lowest BCUT2D eigenvalue weighted by molar-refractivity contribution is 0.0834. The molecule has 0 aliphatic carbocycles. The average molecular weight is 541 g/mol. The molecule has 0 bridgehead atoms. The van der Waals surface area contributed by atoms with Crippen molar-refractivity contribution in [3.63, 3.8) is 0 Å². The van der Waals surface area contributed by atoms with Crippen LogP contribution in [0.4, 0.5) is 26.7 Å². The van der Waals surface area contributed by atoms with E-state index in [1.165, 1.54) is 6.07 Å². The first-order chi connectivity index (χ1) is 18.1. The van der Waals surface area contributed by atoms with Gasteiger partial charge in [-0.1, -0.05) is 36.4 Å². The molecule has 1 aliphatic heterocycles. The molecule has 0 fully saturated rings. The van der Waals surface area contributed by atoms with E-state index in [2.05, 4.69) is 15.4 Å². The third-order valence-corrected chi connectivity index (χ3v) is 6.49. The van der Waals surface area contributed by atoms with Gasteiger partial charge in [0.15, 0.2) is 0 Å². The van der Waals surface area contributed by atoms with Crippen LogP contribution in [0, 0.1) is 0 Å². The van der Waals surface area contributed by atoms with Crippen molar-refractivity contribution in [2.45, 2.75) is 26.8 Å². The summed E-state index contributed by atoms with van der Waals surface area (Å²) in [4.78, 5) is 35.1. The standard InChI is InChI=1S/C16H16N2O4.C10H12N2O3S/c1-2-21-15(19)18-13-9-6-10-14(11-13)22-16(20)17-12-7-4-3-5-8-12;1-7(2)12-10(13)8-5-3-4-6-9(8)11-16(12,14)15/h3-11H,2H2,1H3,(H,17,20)(H,18,19);3-7,11H,1-2H3. The van der Waals surface area contributed by atoms with E-state index in [-0.39, 0.29) is 6.61 Å². The Kier molecular flexibility index (Phi) is 9.28. The van der Waals surface area contributed by atoms with Crippen LogP contribution in [0.3, 0.4) is 0 Å². The first-order valence-corrected chi connectivity index (χ1v) is 13.1. The number of nitrogens with zero attached hydrogens (tertiary/aromatic N) is 1. The minimum absolute atomic E-state index is 0.279. The largest absolute Gasteiger partial charge is 0.450 e. The van der Waals surface area contributed by atoms with Crippen LogP contribution in [0.15, 0.2) is 78.9 Å². The molecule has 0 saturated carbocycles. The number of carbonyl (C=O) groups excluding carboxylic acids is 3. The van der Waals surface area contributed by atoms with Crippen LogP contribution in [0.1, 0.15) is 31.1 Å². The predicted octanol–water partition coefficient (Wildman–Crippen LogP) is 5.07. The van der Waals surface area contributed by atoms with E-state index in [0.29, 0.717) is 28.4 Å². The zero-order chi connectivity index (χ0) is 27.7. The van der Waals surface area contributed by atoms with Gasteiger partial charge in [-0.05, 0) is 57.2 Å². The third-order valence-electron chi connectivity index (χ3n) is 4.91. The van der Waals surface area contributed by atoms with Gasteiger partial charge in [0.2, 0.25) is 0 Å². The monoisotopic (exact) mass is 540 g/mol. The highest BCUT2D eigenvalue weighted by Crippen LogP contribution is 2.27. The first-order valence-electron chi connectivity index (χ1n) is 11.6. The summed E-state index contributed by atoms with van der Waals surface area (Å²) in [5.41, 5.74) is 1.83. The zero-order valence-corrected chi connectivity index (χ0v) is 21.8. The number of rotatable bonds is 5. The molecule has 3 amide bonds. The van der Waals surface area contributed by atoms with Gasteiger partial charge in [-0.2, -0.15) is 8.42 Å². The van der Waals surface area contributed by atoms with E-state index in [1.54, 1.807) is 87.5 Å². The fourth-order valence-corrected chi connectivity index (χ4v) is 4.81. The zero-order valence-electron chi connectivity index (χ0n) is 21.0. The Hall–Kier alpha value is -4.58. The summed E-state index contributed by atoms with van der Waals surface area (Å²) in [6, 6.07) is 21.6. The quantitative estimate of drug-likeness (QED) is 0.410. The fourth-order valence-electron chi connectivity index (χ4n) is 3.38. The summed E-state index contributed by atoms with van der Waals surface area (Å²) < 4.78 is 36.7. The summed E-state index contributed by atoms with van der Waals surface area (Å²) in [6.07, 6.45) is -1.17. The van der Waals surface area contributed by atoms with E-state index in [9.17, 15) is 22.8 Å². The maximum Gasteiger partial charge on any atom is 0.417 e. The van der Waals surface area contributed by atoms with Crippen molar-refractivity contribution < 1.29 is 32.3 Å². The van der Waals surface area contributed by atoms with Crippen LogP contribution < -0.4 is 20.1 Å². The van der Waals surface area contributed by atoms with Gasteiger partial charge in [0, 0.05) is 23.5 Å². The molecule has 3 aromatic rings. The highest BCUT2D eigenvalue weighted by molar-refractivity contribution is 7.91. The van der Waals surface area contributed by atoms with E-state index < -0.39 is 34.3 Å². The maximum absolute atomic E-state index is 12.0. The molecule has 38 heavy (non-hydrogen) atoms. The van der Waals surface area contributed by atoms with Gasteiger partial charge in [-0.3, -0.25) is 20.2 Å². The number of para-hydroxylation sites is 2. The number of ether oxygens (including phenoxy) is 2. The lowest BCUT2D eigenvalue weighted by atomic mass is 10.1. The van der Waals surface area contributed by atoms with Crippen molar-refractivity contribution >= 4 is 45.4 Å². The average Bonchev–Trinajstić information content (AvgIpc) is 2.84. The number of hydrogen-bond acceptors (Lipinski definition) is 7. The molecule has 1 aliphatic rings. The molecule has 3 N–H and O–H groups in total. The molecule has 3 aromatic carbocycles. The predicted molar refractivity (Wildman–Crippen MR) is 143 cm³/mol. The molecular formula is C26H28N4O7S. The second-order valence-corrected chi connectivity index (χ2v) is 9.65. The molecule has 0 unspecified atom stereocenters. The molecule has 11 nitrogen and oxygen atoms in total. The van der Waals surface area contributed by atoms with Gasteiger partial charge < -0.3 is 9.47 Å². The first kappa shape index (κ1) is 28.0. The number of carbonyl (C=O) groups is 3. The molecule has 12 heteroatoms. The third kappa shape index (κ3) is 7.46. The van der Waals surface area contributed by atoms with E-state index in [1.807, 2.05) is 6.07 Å². The Morgan fingerprint density at radius 2 is 1.53 bits per heavy atom. The molecule has 4 rings (SSSR count). The van der Waals surface area contributed by atoms with Crippen LogP contribution in [0.25, 0.3) is 0 Å². The summed E-state index contributed by atoms with van der Waals surface area (Å²) in [6.45, 7) is 5.31. The summed E-state index contributed by atoms with van der Waals surface area (Å²) in [5, 5.41) is 5.13. The minimum atomic E-state index is -3.75. The van der Waals surface area contributed by atoms with Crippen LogP contribution in [0.5, 0.6) is 5.75 Å². The number of nitrogens with one attached hydrogen (secondary N) is 3. The molecule has 0 radical (unpaired) electrons. The van der Waals surface area contributed by atoms with Crippen molar-refractivity contribution in [3.05, 3.63) is 84.4 Å². The topological polar surface area (TPSA) is 143 Å². The van der Waals surface area contributed by atoms with Crippen molar-refractivity contribution in [2.75, 3.05) is 22.0 Å². The second kappa shape index (κ2) is 12.6. The Bertz CT molecular complexity index is 1400. The Labute approximate surface area is 220 Å². The summed E-state index contributed by atoms with van der Waals surface area (Å²) >= 11 is 0. The van der Waals surface area contributed by atoms with E-state index in [0.717, 1.165) is 4.31 Å². The Balaban J connectivity index is 0.000000221. The number of amides is 3. The van der Waals surface area contributed by atoms with Gasteiger partial charge >= 0.3 is 22.4 Å². The van der Waals surface area contributed by atoms with Gasteiger partial charge in [0.1, 0.15) is 5.75 Å². The number of benzene rings is 3. The molecule has 200 valence electrons. The van der Waals surface area contributed by atoms with Crippen LogP contribution in [0.2, 0.25) is 0 Å². The van der Waals surface area contributed by atoms with Gasteiger partial charge in [-0.25, -0.2) is 13.9 Å². The lowest BCUT2D eigenvalue weighted by Crippen LogP contribution is -2.48. The van der Waals surface area contributed by atoms with Gasteiger partial charge in [-0.15, -0.1) is 0 Å². The SMILES string of the molecule is CC(C)N1C(=O)c2ccccc2NS1(=O)=O.CCOC(=O)Nc1cccc(OC(=O)Nc2ccccc2)c1. The molecule has 1 heterocycles.